The third-order valence-corrected chi connectivity index (χ3v) is 4.26. The number of benzene rings is 1. The van der Waals surface area contributed by atoms with E-state index in [1.54, 1.807) is 0 Å². The molecule has 0 bridgehead atoms. The van der Waals surface area contributed by atoms with Crippen LogP contribution in [0.5, 0.6) is 0 Å². The van der Waals surface area contributed by atoms with E-state index in [9.17, 15) is 0 Å². The molecule has 1 atom stereocenters. The van der Waals surface area contributed by atoms with Crippen LogP contribution in [0.4, 0.5) is 0 Å². The highest BCUT2D eigenvalue weighted by Crippen LogP contribution is 2.33. The second-order valence-corrected chi connectivity index (χ2v) is 5.60. The molecule has 1 fully saturated rings. The molecule has 0 heterocycles. The molecular formula is C17H27N. The Morgan fingerprint density at radius 2 is 2.00 bits per heavy atom. The van der Waals surface area contributed by atoms with Crippen molar-refractivity contribution in [1.29, 1.82) is 0 Å². The lowest BCUT2D eigenvalue weighted by molar-refractivity contribution is 0.400. The molecular weight excluding hydrogens is 218 g/mol. The zero-order valence-electron chi connectivity index (χ0n) is 11.9. The predicted molar refractivity (Wildman–Crippen MR) is 78.8 cm³/mol. The molecule has 0 aliphatic heterocycles. The van der Waals surface area contributed by atoms with E-state index in [1.807, 2.05) is 0 Å². The lowest BCUT2D eigenvalue weighted by Gasteiger charge is -2.22. The predicted octanol–water partition coefficient (Wildman–Crippen LogP) is 4.48. The molecule has 1 heteroatoms. The van der Waals surface area contributed by atoms with Gasteiger partial charge in [-0.3, -0.25) is 0 Å². The first kappa shape index (κ1) is 13.6. The van der Waals surface area contributed by atoms with Gasteiger partial charge >= 0.3 is 0 Å². The summed E-state index contributed by atoms with van der Waals surface area (Å²) in [5.41, 5.74) is 2.95. The van der Waals surface area contributed by atoms with E-state index in [1.165, 1.54) is 43.2 Å². The molecule has 2 rings (SSSR count). The maximum atomic E-state index is 3.68. The second-order valence-electron chi connectivity index (χ2n) is 5.60. The van der Waals surface area contributed by atoms with Crippen molar-refractivity contribution in [3.63, 3.8) is 0 Å². The van der Waals surface area contributed by atoms with E-state index in [2.05, 4.69) is 43.4 Å². The van der Waals surface area contributed by atoms with Gasteiger partial charge in [0.15, 0.2) is 0 Å². The number of nitrogens with one attached hydrogen (secondary N) is 1. The summed E-state index contributed by atoms with van der Waals surface area (Å²) in [7, 11) is 0. The molecule has 0 spiro atoms. The molecule has 1 unspecified atom stereocenters. The SMILES string of the molecule is CCNC(CC1CCCC1)c1cccc(CC)c1. The van der Waals surface area contributed by atoms with Crippen molar-refractivity contribution in [3.8, 4) is 0 Å². The average molecular weight is 245 g/mol. The van der Waals surface area contributed by atoms with Gasteiger partial charge in [-0.1, -0.05) is 63.8 Å². The highest BCUT2D eigenvalue weighted by atomic mass is 14.9. The summed E-state index contributed by atoms with van der Waals surface area (Å²) < 4.78 is 0. The Hall–Kier alpha value is -0.820. The summed E-state index contributed by atoms with van der Waals surface area (Å²) in [5.74, 6) is 0.944. The molecule has 0 aromatic heterocycles. The molecule has 1 saturated carbocycles. The van der Waals surface area contributed by atoms with Crippen molar-refractivity contribution in [3.05, 3.63) is 35.4 Å². The Morgan fingerprint density at radius 1 is 1.22 bits per heavy atom. The minimum absolute atomic E-state index is 0.560. The molecule has 0 amide bonds. The zero-order chi connectivity index (χ0) is 12.8. The monoisotopic (exact) mass is 245 g/mol. The average Bonchev–Trinajstić information content (AvgIpc) is 2.91. The van der Waals surface area contributed by atoms with Crippen LogP contribution in [0.15, 0.2) is 24.3 Å². The van der Waals surface area contributed by atoms with Gasteiger partial charge in [0, 0.05) is 6.04 Å². The maximum absolute atomic E-state index is 3.68. The van der Waals surface area contributed by atoms with Gasteiger partial charge in [-0.25, -0.2) is 0 Å². The van der Waals surface area contributed by atoms with Crippen molar-refractivity contribution in [2.75, 3.05) is 6.54 Å². The van der Waals surface area contributed by atoms with Crippen molar-refractivity contribution in [2.45, 2.75) is 58.4 Å². The fraction of sp³-hybridized carbons (Fsp3) is 0.647. The normalized spacial score (nSPS) is 18.1. The van der Waals surface area contributed by atoms with Crippen LogP contribution >= 0.6 is 0 Å². The molecule has 100 valence electrons. The Morgan fingerprint density at radius 3 is 2.67 bits per heavy atom. The van der Waals surface area contributed by atoms with Gasteiger partial charge in [0.1, 0.15) is 0 Å². The molecule has 1 nitrogen and oxygen atoms in total. The van der Waals surface area contributed by atoms with Crippen molar-refractivity contribution in [2.24, 2.45) is 5.92 Å². The maximum Gasteiger partial charge on any atom is 0.0322 e. The van der Waals surface area contributed by atoms with Crippen LogP contribution in [0.25, 0.3) is 0 Å². The third-order valence-electron chi connectivity index (χ3n) is 4.26. The summed E-state index contributed by atoms with van der Waals surface area (Å²) in [6, 6.07) is 9.70. The summed E-state index contributed by atoms with van der Waals surface area (Å²) in [4.78, 5) is 0. The smallest absolute Gasteiger partial charge is 0.0322 e. The van der Waals surface area contributed by atoms with Gasteiger partial charge in [-0.15, -0.1) is 0 Å². The molecule has 18 heavy (non-hydrogen) atoms. The highest BCUT2D eigenvalue weighted by Gasteiger charge is 2.20. The van der Waals surface area contributed by atoms with Gasteiger partial charge in [0.05, 0.1) is 0 Å². The zero-order valence-corrected chi connectivity index (χ0v) is 11.9. The van der Waals surface area contributed by atoms with Crippen LogP contribution in [0.2, 0.25) is 0 Å². The van der Waals surface area contributed by atoms with E-state index in [4.69, 9.17) is 0 Å². The minimum Gasteiger partial charge on any atom is -0.310 e. The Balaban J connectivity index is 2.06. The number of aryl methyl sites for hydroxylation is 1. The Kier molecular flexibility index (Phi) is 5.25. The van der Waals surface area contributed by atoms with Crippen molar-refractivity contribution >= 4 is 0 Å². The second kappa shape index (κ2) is 6.94. The quantitative estimate of drug-likeness (QED) is 0.779. The van der Waals surface area contributed by atoms with Gasteiger partial charge < -0.3 is 5.32 Å². The molecule has 1 aromatic carbocycles. The lowest BCUT2D eigenvalue weighted by atomic mass is 9.92. The van der Waals surface area contributed by atoms with Gasteiger partial charge in [0.2, 0.25) is 0 Å². The number of hydrogen-bond donors (Lipinski definition) is 1. The van der Waals surface area contributed by atoms with Gasteiger partial charge in [0.25, 0.3) is 0 Å². The minimum atomic E-state index is 0.560. The summed E-state index contributed by atoms with van der Waals surface area (Å²) in [6.07, 6.45) is 8.22. The molecule has 1 aliphatic carbocycles. The lowest BCUT2D eigenvalue weighted by Crippen LogP contribution is -2.23. The molecule has 1 aromatic rings. The number of rotatable bonds is 6. The van der Waals surface area contributed by atoms with Crippen LogP contribution < -0.4 is 5.32 Å². The third kappa shape index (κ3) is 3.58. The van der Waals surface area contributed by atoms with Crippen LogP contribution in [0, 0.1) is 5.92 Å². The van der Waals surface area contributed by atoms with E-state index in [-0.39, 0.29) is 0 Å². The Bertz CT molecular complexity index is 352. The Labute approximate surface area is 112 Å². The van der Waals surface area contributed by atoms with E-state index >= 15 is 0 Å². The summed E-state index contributed by atoms with van der Waals surface area (Å²) in [5, 5.41) is 3.68. The standard InChI is InChI=1S/C17H27N/c1-3-14-10-7-11-16(12-14)17(18-4-2)13-15-8-5-6-9-15/h7,10-12,15,17-18H,3-6,8-9,13H2,1-2H3. The first-order chi connectivity index (χ1) is 8.83. The summed E-state index contributed by atoms with van der Waals surface area (Å²) in [6.45, 7) is 5.51. The van der Waals surface area contributed by atoms with Crippen LogP contribution in [0.3, 0.4) is 0 Å². The first-order valence-corrected chi connectivity index (χ1v) is 7.65. The molecule has 0 saturated heterocycles. The van der Waals surface area contributed by atoms with Crippen molar-refractivity contribution in [1.82, 2.24) is 5.32 Å². The topological polar surface area (TPSA) is 12.0 Å². The number of hydrogen-bond acceptors (Lipinski definition) is 1. The van der Waals surface area contributed by atoms with E-state index < -0.39 is 0 Å². The van der Waals surface area contributed by atoms with Gasteiger partial charge in [-0.05, 0) is 36.4 Å². The van der Waals surface area contributed by atoms with E-state index in [0.717, 1.165) is 18.9 Å². The van der Waals surface area contributed by atoms with Crippen LogP contribution in [-0.2, 0) is 6.42 Å². The largest absolute Gasteiger partial charge is 0.310 e. The fourth-order valence-electron chi connectivity index (χ4n) is 3.19. The van der Waals surface area contributed by atoms with E-state index in [0.29, 0.717) is 6.04 Å². The van der Waals surface area contributed by atoms with Crippen LogP contribution in [0.1, 0.15) is 63.1 Å². The first-order valence-electron chi connectivity index (χ1n) is 7.65. The molecule has 0 radical (unpaired) electrons. The van der Waals surface area contributed by atoms with Gasteiger partial charge in [-0.2, -0.15) is 0 Å². The summed E-state index contributed by atoms with van der Waals surface area (Å²) >= 11 is 0. The van der Waals surface area contributed by atoms with Crippen molar-refractivity contribution < 1.29 is 0 Å². The van der Waals surface area contributed by atoms with Crippen LogP contribution in [-0.4, -0.2) is 6.54 Å². The highest BCUT2D eigenvalue weighted by molar-refractivity contribution is 5.26. The fourth-order valence-corrected chi connectivity index (χ4v) is 3.19. The molecule has 1 aliphatic rings. The molecule has 1 N–H and O–H groups in total.